The molecule has 0 bridgehead atoms. The lowest BCUT2D eigenvalue weighted by atomic mass is 10.1. The molecule has 0 aliphatic carbocycles. The van der Waals surface area contributed by atoms with Gasteiger partial charge in [-0.05, 0) is 18.1 Å². The molecule has 1 aromatic carbocycles. The number of halogens is 4. The molecule has 1 rings (SSSR count). The molecule has 0 heterocycles. The van der Waals surface area contributed by atoms with Crippen LogP contribution < -0.4 is 8.92 Å². The summed E-state index contributed by atoms with van der Waals surface area (Å²) >= 11 is 0. The van der Waals surface area contributed by atoms with E-state index in [1.165, 1.54) is 7.11 Å². The molecule has 0 aliphatic heterocycles. The molecule has 0 saturated heterocycles. The maximum Gasteiger partial charge on any atom is 0.534 e. The number of methoxy groups -OCH3 is 1. The van der Waals surface area contributed by atoms with Crippen LogP contribution in [0, 0.1) is 5.82 Å². The summed E-state index contributed by atoms with van der Waals surface area (Å²) in [6.45, 7) is 1.82. The number of hydrogen-bond donors (Lipinski definition) is 0. The zero-order valence-corrected chi connectivity index (χ0v) is 11.4. The van der Waals surface area contributed by atoms with Crippen molar-refractivity contribution in [3.63, 3.8) is 0 Å². The Balaban J connectivity index is 3.21. The van der Waals surface area contributed by atoms with Gasteiger partial charge in [-0.15, -0.1) is 0 Å². The van der Waals surface area contributed by atoms with Crippen LogP contribution in [0.2, 0.25) is 0 Å². The van der Waals surface area contributed by atoms with E-state index in [1.54, 1.807) is 0 Å². The van der Waals surface area contributed by atoms with Gasteiger partial charge in [0.1, 0.15) is 5.75 Å². The number of rotatable bonds is 5. The van der Waals surface area contributed by atoms with Crippen molar-refractivity contribution in [2.45, 2.75) is 25.3 Å². The van der Waals surface area contributed by atoms with E-state index in [0.29, 0.717) is 18.4 Å². The predicted octanol–water partition coefficient (Wildman–Crippen LogP) is 3.02. The highest BCUT2D eigenvalue weighted by molar-refractivity contribution is 7.88. The van der Waals surface area contributed by atoms with Crippen molar-refractivity contribution in [3.05, 3.63) is 23.5 Å². The lowest BCUT2D eigenvalue weighted by Gasteiger charge is -2.13. The molecule has 0 aliphatic rings. The normalized spacial score (nSPS) is 12.3. The predicted molar refractivity (Wildman–Crippen MR) is 62.5 cm³/mol. The highest BCUT2D eigenvalue weighted by atomic mass is 32.2. The third-order valence-corrected chi connectivity index (χ3v) is 3.30. The molecule has 1 aromatic rings. The van der Waals surface area contributed by atoms with Crippen molar-refractivity contribution in [2.75, 3.05) is 7.11 Å². The molecular weight excluding hydrogens is 304 g/mol. The standard InChI is InChI=1S/C11H12F4O4S/c1-3-4-7-5-8(12)10(6-9(7)18-2)19-20(16,17)11(13,14)15/h5-6H,3-4H2,1-2H3. The highest BCUT2D eigenvalue weighted by Gasteiger charge is 2.49. The molecule has 0 spiro atoms. The zero-order valence-electron chi connectivity index (χ0n) is 10.6. The van der Waals surface area contributed by atoms with Gasteiger partial charge in [-0.25, -0.2) is 4.39 Å². The number of hydrogen-bond acceptors (Lipinski definition) is 4. The first-order valence-electron chi connectivity index (χ1n) is 5.49. The summed E-state index contributed by atoms with van der Waals surface area (Å²) in [6, 6.07) is 1.67. The summed E-state index contributed by atoms with van der Waals surface area (Å²) in [5, 5.41) is 0. The fourth-order valence-corrected chi connectivity index (χ4v) is 1.92. The zero-order chi connectivity index (χ0) is 15.6. The van der Waals surface area contributed by atoms with Gasteiger partial charge in [0.15, 0.2) is 11.6 Å². The largest absolute Gasteiger partial charge is 0.534 e. The quantitative estimate of drug-likeness (QED) is 0.476. The minimum Gasteiger partial charge on any atom is -0.496 e. The summed E-state index contributed by atoms with van der Waals surface area (Å²) < 4.78 is 80.4. The fourth-order valence-electron chi connectivity index (χ4n) is 1.46. The average Bonchev–Trinajstić information content (AvgIpc) is 2.31. The van der Waals surface area contributed by atoms with E-state index < -0.39 is 27.2 Å². The van der Waals surface area contributed by atoms with Gasteiger partial charge in [0.2, 0.25) is 0 Å². The van der Waals surface area contributed by atoms with E-state index in [1.807, 2.05) is 6.92 Å². The molecule has 0 saturated carbocycles. The molecule has 9 heteroatoms. The van der Waals surface area contributed by atoms with E-state index in [9.17, 15) is 26.0 Å². The Morgan fingerprint density at radius 3 is 2.25 bits per heavy atom. The lowest BCUT2D eigenvalue weighted by molar-refractivity contribution is -0.0501. The third-order valence-electron chi connectivity index (χ3n) is 2.34. The Morgan fingerprint density at radius 2 is 1.80 bits per heavy atom. The third kappa shape index (κ3) is 3.53. The first-order chi connectivity index (χ1) is 9.12. The average molecular weight is 316 g/mol. The summed E-state index contributed by atoms with van der Waals surface area (Å²) in [4.78, 5) is 0. The van der Waals surface area contributed by atoms with Gasteiger partial charge in [-0.1, -0.05) is 13.3 Å². The van der Waals surface area contributed by atoms with Crippen LogP contribution in [0.1, 0.15) is 18.9 Å². The van der Waals surface area contributed by atoms with Crippen LogP contribution in [-0.2, 0) is 16.5 Å². The Morgan fingerprint density at radius 1 is 1.20 bits per heavy atom. The topological polar surface area (TPSA) is 52.6 Å². The van der Waals surface area contributed by atoms with Crippen molar-refractivity contribution in [2.24, 2.45) is 0 Å². The Labute approximate surface area is 113 Å². The number of aryl methyl sites for hydroxylation is 1. The molecule has 0 fully saturated rings. The van der Waals surface area contributed by atoms with Crippen LogP contribution in [0.15, 0.2) is 12.1 Å². The van der Waals surface area contributed by atoms with Crippen molar-refractivity contribution < 1.29 is 34.9 Å². The van der Waals surface area contributed by atoms with Gasteiger partial charge in [0.25, 0.3) is 0 Å². The molecule has 0 aromatic heterocycles. The first kappa shape index (κ1) is 16.5. The second-order valence-electron chi connectivity index (χ2n) is 3.83. The minimum atomic E-state index is -5.92. The Bertz CT molecular complexity index is 581. The van der Waals surface area contributed by atoms with E-state index >= 15 is 0 Å². The SMILES string of the molecule is CCCc1cc(F)c(OS(=O)(=O)C(F)(F)F)cc1OC. The monoisotopic (exact) mass is 316 g/mol. The van der Waals surface area contributed by atoms with Crippen LogP contribution in [-0.4, -0.2) is 21.0 Å². The maximum atomic E-state index is 13.6. The van der Waals surface area contributed by atoms with Gasteiger partial charge in [0, 0.05) is 6.07 Å². The van der Waals surface area contributed by atoms with Gasteiger partial charge in [0.05, 0.1) is 7.11 Å². The number of ether oxygens (including phenoxy) is 1. The van der Waals surface area contributed by atoms with E-state index in [-0.39, 0.29) is 5.75 Å². The summed E-state index contributed by atoms with van der Waals surface area (Å²) in [5.41, 5.74) is -5.22. The van der Waals surface area contributed by atoms with Crippen LogP contribution in [0.25, 0.3) is 0 Å². The second kappa shape index (κ2) is 5.86. The molecule has 114 valence electrons. The van der Waals surface area contributed by atoms with Crippen LogP contribution >= 0.6 is 0 Å². The number of benzene rings is 1. The smallest absolute Gasteiger partial charge is 0.496 e. The Hall–Kier alpha value is -1.51. The van der Waals surface area contributed by atoms with Gasteiger partial charge in [-0.2, -0.15) is 21.6 Å². The van der Waals surface area contributed by atoms with Crippen molar-refractivity contribution in [3.8, 4) is 11.5 Å². The summed E-state index contributed by atoms with van der Waals surface area (Å²) in [6.07, 6.45) is 1.07. The maximum absolute atomic E-state index is 13.6. The highest BCUT2D eigenvalue weighted by Crippen LogP contribution is 2.33. The first-order valence-corrected chi connectivity index (χ1v) is 6.90. The second-order valence-corrected chi connectivity index (χ2v) is 5.37. The van der Waals surface area contributed by atoms with Gasteiger partial charge < -0.3 is 8.92 Å². The molecule has 0 amide bonds. The van der Waals surface area contributed by atoms with Crippen molar-refractivity contribution >= 4 is 10.1 Å². The van der Waals surface area contributed by atoms with Gasteiger partial charge in [-0.3, -0.25) is 0 Å². The van der Waals surface area contributed by atoms with E-state index in [4.69, 9.17) is 4.74 Å². The Kier molecular flexibility index (Phi) is 4.85. The molecule has 0 atom stereocenters. The summed E-state index contributed by atoms with van der Waals surface area (Å²) in [5.74, 6) is -2.21. The minimum absolute atomic E-state index is 0.0561. The van der Waals surface area contributed by atoms with E-state index in [2.05, 4.69) is 4.18 Å². The molecule has 0 unspecified atom stereocenters. The molecular formula is C11H12F4O4S. The molecule has 20 heavy (non-hydrogen) atoms. The fraction of sp³-hybridized carbons (Fsp3) is 0.455. The van der Waals surface area contributed by atoms with Gasteiger partial charge >= 0.3 is 15.6 Å². The van der Waals surface area contributed by atoms with E-state index in [0.717, 1.165) is 12.1 Å². The van der Waals surface area contributed by atoms with Crippen molar-refractivity contribution in [1.29, 1.82) is 0 Å². The molecule has 0 N–H and O–H groups in total. The van der Waals surface area contributed by atoms with Crippen molar-refractivity contribution in [1.82, 2.24) is 0 Å². The molecule has 0 radical (unpaired) electrons. The van der Waals surface area contributed by atoms with Crippen LogP contribution in [0.4, 0.5) is 17.6 Å². The lowest BCUT2D eigenvalue weighted by Crippen LogP contribution is -2.28. The van der Waals surface area contributed by atoms with Crippen LogP contribution in [0.5, 0.6) is 11.5 Å². The molecule has 4 nitrogen and oxygen atoms in total. The summed E-state index contributed by atoms with van der Waals surface area (Å²) in [7, 11) is -4.69. The number of alkyl halides is 3. The van der Waals surface area contributed by atoms with Crippen LogP contribution in [0.3, 0.4) is 0 Å².